The third-order valence-corrected chi connectivity index (χ3v) is 4.56. The van der Waals surface area contributed by atoms with Crippen molar-refractivity contribution in [3.05, 3.63) is 49.6 Å². The first kappa shape index (κ1) is 13.9. The third kappa shape index (κ3) is 3.26. The summed E-state index contributed by atoms with van der Waals surface area (Å²) in [5, 5.41) is 2.63. The van der Waals surface area contributed by atoms with E-state index in [-0.39, 0.29) is 6.10 Å². The lowest BCUT2D eigenvalue weighted by molar-refractivity contribution is 0.218. The highest BCUT2D eigenvalue weighted by Gasteiger charge is 2.15. The summed E-state index contributed by atoms with van der Waals surface area (Å²) >= 11 is 11.2. The van der Waals surface area contributed by atoms with Gasteiger partial charge in [0.2, 0.25) is 0 Å². The number of halogens is 2. The molecule has 1 unspecified atom stereocenters. The standard InChI is InChI=1S/C13H13BrClNOS/c1-8-2-3-11(10(15)4-8)17-12(6-16)13-5-9(14)7-18-13/h2-5,7,12H,6,16H2,1H3. The lowest BCUT2D eigenvalue weighted by Crippen LogP contribution is -2.17. The number of thiophene rings is 1. The molecule has 0 aliphatic carbocycles. The fourth-order valence-corrected chi connectivity index (χ4v) is 3.34. The highest BCUT2D eigenvalue weighted by atomic mass is 79.9. The second-order valence-electron chi connectivity index (χ2n) is 3.94. The smallest absolute Gasteiger partial charge is 0.145 e. The van der Waals surface area contributed by atoms with Gasteiger partial charge in [0.15, 0.2) is 0 Å². The molecule has 0 fully saturated rings. The molecule has 0 aliphatic rings. The number of rotatable bonds is 4. The normalized spacial score (nSPS) is 12.4. The number of hydrogen-bond donors (Lipinski definition) is 1. The number of nitrogens with two attached hydrogens (primary N) is 1. The molecule has 0 radical (unpaired) electrons. The van der Waals surface area contributed by atoms with E-state index in [0.29, 0.717) is 17.3 Å². The van der Waals surface area contributed by atoms with Crippen LogP contribution in [-0.4, -0.2) is 6.54 Å². The fourth-order valence-electron chi connectivity index (χ4n) is 1.57. The van der Waals surface area contributed by atoms with Gasteiger partial charge in [0.05, 0.1) is 5.02 Å². The van der Waals surface area contributed by atoms with Gasteiger partial charge in [-0.15, -0.1) is 11.3 Å². The van der Waals surface area contributed by atoms with Gasteiger partial charge in [-0.1, -0.05) is 17.7 Å². The van der Waals surface area contributed by atoms with Gasteiger partial charge in [-0.2, -0.15) is 0 Å². The van der Waals surface area contributed by atoms with Crippen LogP contribution in [0.2, 0.25) is 5.02 Å². The second-order valence-corrected chi connectivity index (χ2v) is 6.21. The van der Waals surface area contributed by atoms with Crippen LogP contribution in [0.5, 0.6) is 5.75 Å². The molecular formula is C13H13BrClNOS. The van der Waals surface area contributed by atoms with E-state index < -0.39 is 0 Å². The van der Waals surface area contributed by atoms with Gasteiger partial charge in [-0.3, -0.25) is 0 Å². The zero-order valence-electron chi connectivity index (χ0n) is 9.82. The van der Waals surface area contributed by atoms with Crippen molar-refractivity contribution in [1.82, 2.24) is 0 Å². The van der Waals surface area contributed by atoms with Crippen molar-refractivity contribution in [3.8, 4) is 5.75 Å². The summed E-state index contributed by atoms with van der Waals surface area (Å²) < 4.78 is 6.92. The van der Waals surface area contributed by atoms with Crippen molar-refractivity contribution >= 4 is 38.9 Å². The van der Waals surface area contributed by atoms with Gasteiger partial charge in [-0.05, 0) is 46.6 Å². The zero-order chi connectivity index (χ0) is 13.1. The Morgan fingerprint density at radius 2 is 2.22 bits per heavy atom. The van der Waals surface area contributed by atoms with Crippen LogP contribution in [0.25, 0.3) is 0 Å². The van der Waals surface area contributed by atoms with Crippen LogP contribution >= 0.6 is 38.9 Å². The van der Waals surface area contributed by atoms with Crippen LogP contribution in [0.3, 0.4) is 0 Å². The van der Waals surface area contributed by atoms with E-state index in [2.05, 4.69) is 15.9 Å². The first-order valence-electron chi connectivity index (χ1n) is 5.47. The van der Waals surface area contributed by atoms with Gasteiger partial charge in [-0.25, -0.2) is 0 Å². The summed E-state index contributed by atoms with van der Waals surface area (Å²) in [7, 11) is 0. The van der Waals surface area contributed by atoms with Crippen molar-refractivity contribution < 1.29 is 4.74 Å². The molecule has 1 atom stereocenters. The molecule has 18 heavy (non-hydrogen) atoms. The minimum absolute atomic E-state index is 0.165. The van der Waals surface area contributed by atoms with Crippen LogP contribution in [-0.2, 0) is 0 Å². The first-order chi connectivity index (χ1) is 8.60. The average Bonchev–Trinajstić information content (AvgIpc) is 2.75. The molecule has 5 heteroatoms. The topological polar surface area (TPSA) is 35.2 Å². The average molecular weight is 347 g/mol. The Morgan fingerprint density at radius 3 is 2.78 bits per heavy atom. The van der Waals surface area contributed by atoms with E-state index in [4.69, 9.17) is 22.1 Å². The Morgan fingerprint density at radius 1 is 1.44 bits per heavy atom. The molecule has 2 nitrogen and oxygen atoms in total. The quantitative estimate of drug-likeness (QED) is 0.881. The molecule has 2 aromatic rings. The minimum atomic E-state index is -0.165. The molecule has 0 aliphatic heterocycles. The van der Waals surface area contributed by atoms with Gasteiger partial charge >= 0.3 is 0 Å². The van der Waals surface area contributed by atoms with Crippen molar-refractivity contribution in [2.45, 2.75) is 13.0 Å². The third-order valence-electron chi connectivity index (χ3n) is 2.48. The first-order valence-corrected chi connectivity index (χ1v) is 7.52. The minimum Gasteiger partial charge on any atom is -0.482 e. The zero-order valence-corrected chi connectivity index (χ0v) is 13.0. The molecule has 2 rings (SSSR count). The van der Waals surface area contributed by atoms with Crippen LogP contribution in [0.4, 0.5) is 0 Å². The van der Waals surface area contributed by atoms with E-state index in [1.165, 1.54) is 0 Å². The molecule has 0 spiro atoms. The molecule has 2 N–H and O–H groups in total. The lowest BCUT2D eigenvalue weighted by atomic mass is 10.2. The van der Waals surface area contributed by atoms with Gasteiger partial charge < -0.3 is 10.5 Å². The van der Waals surface area contributed by atoms with Gasteiger partial charge in [0, 0.05) is 21.3 Å². The monoisotopic (exact) mass is 345 g/mol. The Hall–Kier alpha value is -0.550. The number of ether oxygens (including phenoxy) is 1. The number of benzene rings is 1. The Kier molecular flexibility index (Phi) is 4.67. The van der Waals surface area contributed by atoms with Crippen LogP contribution < -0.4 is 10.5 Å². The van der Waals surface area contributed by atoms with Crippen LogP contribution in [0.15, 0.2) is 34.1 Å². The van der Waals surface area contributed by atoms with E-state index in [1.54, 1.807) is 11.3 Å². The summed E-state index contributed by atoms with van der Waals surface area (Å²) in [6, 6.07) is 7.75. The summed E-state index contributed by atoms with van der Waals surface area (Å²) in [5.74, 6) is 0.669. The van der Waals surface area contributed by atoms with E-state index in [9.17, 15) is 0 Å². The Balaban J connectivity index is 2.20. The van der Waals surface area contributed by atoms with E-state index >= 15 is 0 Å². The van der Waals surface area contributed by atoms with Gasteiger partial charge in [0.25, 0.3) is 0 Å². The molecule has 0 amide bonds. The second kappa shape index (κ2) is 6.06. The van der Waals surface area contributed by atoms with Gasteiger partial charge in [0.1, 0.15) is 11.9 Å². The number of hydrogen-bond acceptors (Lipinski definition) is 3. The predicted molar refractivity (Wildman–Crippen MR) is 80.6 cm³/mol. The van der Waals surface area contributed by atoms with Crippen molar-refractivity contribution in [3.63, 3.8) is 0 Å². The molecule has 96 valence electrons. The van der Waals surface area contributed by atoms with Crippen molar-refractivity contribution in [2.75, 3.05) is 6.54 Å². The maximum absolute atomic E-state index is 6.15. The van der Waals surface area contributed by atoms with Crippen LogP contribution in [0.1, 0.15) is 16.5 Å². The highest BCUT2D eigenvalue weighted by molar-refractivity contribution is 9.10. The maximum atomic E-state index is 6.15. The SMILES string of the molecule is Cc1ccc(OC(CN)c2cc(Br)cs2)c(Cl)c1. The predicted octanol–water partition coefficient (Wildman–Crippen LogP) is 4.55. The molecule has 0 bridgehead atoms. The maximum Gasteiger partial charge on any atom is 0.145 e. The Labute approximate surface area is 124 Å². The largest absolute Gasteiger partial charge is 0.482 e. The molecule has 1 heterocycles. The van der Waals surface area contributed by atoms with Crippen molar-refractivity contribution in [1.29, 1.82) is 0 Å². The highest BCUT2D eigenvalue weighted by Crippen LogP contribution is 2.32. The molecule has 1 aromatic carbocycles. The van der Waals surface area contributed by atoms with Crippen molar-refractivity contribution in [2.24, 2.45) is 5.73 Å². The molecule has 1 aromatic heterocycles. The molecule has 0 saturated heterocycles. The fraction of sp³-hybridized carbons (Fsp3) is 0.231. The molecule has 0 saturated carbocycles. The van der Waals surface area contributed by atoms with E-state index in [0.717, 1.165) is 14.9 Å². The summed E-state index contributed by atoms with van der Waals surface area (Å²) in [6.45, 7) is 2.41. The molecular weight excluding hydrogens is 334 g/mol. The lowest BCUT2D eigenvalue weighted by Gasteiger charge is -2.17. The Bertz CT molecular complexity index is 544. The van der Waals surface area contributed by atoms with Crippen LogP contribution in [0, 0.1) is 6.92 Å². The number of aryl methyl sites for hydroxylation is 1. The summed E-state index contributed by atoms with van der Waals surface area (Å²) in [5.41, 5.74) is 6.87. The summed E-state index contributed by atoms with van der Waals surface area (Å²) in [6.07, 6.45) is -0.165. The summed E-state index contributed by atoms with van der Waals surface area (Å²) in [4.78, 5) is 1.08. The van der Waals surface area contributed by atoms with E-state index in [1.807, 2.05) is 36.6 Å².